The van der Waals surface area contributed by atoms with Crippen LogP contribution in [0.5, 0.6) is 0 Å². The Labute approximate surface area is 138 Å². The Morgan fingerprint density at radius 2 is 2.23 bits per heavy atom. The number of benzene rings is 1. The van der Waals surface area contributed by atoms with Crippen LogP contribution in [0.2, 0.25) is 0 Å². The van der Waals surface area contributed by atoms with Gasteiger partial charge >= 0.3 is 0 Å². The third kappa shape index (κ3) is 3.48. The van der Waals surface area contributed by atoms with Crippen molar-refractivity contribution in [3.8, 4) is 11.3 Å². The Kier molecular flexibility index (Phi) is 5.08. The van der Waals surface area contributed by atoms with Crippen LogP contribution in [0.1, 0.15) is 12.8 Å². The Bertz CT molecular complexity index is 626. The van der Waals surface area contributed by atoms with Crippen molar-refractivity contribution in [2.24, 2.45) is 0 Å². The van der Waals surface area contributed by atoms with Crippen molar-refractivity contribution >= 4 is 34.0 Å². The van der Waals surface area contributed by atoms with Gasteiger partial charge in [0.05, 0.1) is 18.3 Å². The highest BCUT2D eigenvalue weighted by Crippen LogP contribution is 2.28. The summed E-state index contributed by atoms with van der Waals surface area (Å²) >= 11 is 7.21. The molecule has 1 atom stereocenters. The molecule has 0 aliphatic carbocycles. The van der Waals surface area contributed by atoms with Crippen LogP contribution in [0.3, 0.4) is 0 Å². The fourth-order valence-electron chi connectivity index (χ4n) is 2.48. The smallest absolute Gasteiger partial charge is 0.243 e. The van der Waals surface area contributed by atoms with Crippen LogP contribution in [-0.2, 0) is 9.53 Å². The number of nitrogens with zero attached hydrogens (tertiary/aromatic N) is 2. The lowest BCUT2D eigenvalue weighted by Gasteiger charge is -2.22. The van der Waals surface area contributed by atoms with E-state index in [4.69, 9.17) is 16.3 Å². The zero-order valence-corrected chi connectivity index (χ0v) is 13.6. The van der Waals surface area contributed by atoms with Crippen molar-refractivity contribution in [3.63, 3.8) is 0 Å². The van der Waals surface area contributed by atoms with Gasteiger partial charge in [0.25, 0.3) is 0 Å². The molecule has 1 aliphatic heterocycles. The normalized spacial score (nSPS) is 17.6. The second kappa shape index (κ2) is 7.22. The molecule has 0 saturated carbocycles. The zero-order chi connectivity index (χ0) is 15.4. The molecule has 0 unspecified atom stereocenters. The van der Waals surface area contributed by atoms with Gasteiger partial charge in [-0.25, -0.2) is 4.98 Å². The van der Waals surface area contributed by atoms with E-state index in [2.05, 4.69) is 4.98 Å². The number of hydrogen-bond donors (Lipinski definition) is 0. The average molecular weight is 337 g/mol. The number of amides is 1. The molecule has 1 aromatic carbocycles. The van der Waals surface area contributed by atoms with Gasteiger partial charge in [-0.05, 0) is 12.8 Å². The van der Waals surface area contributed by atoms with Gasteiger partial charge in [-0.2, -0.15) is 0 Å². The Balaban J connectivity index is 1.81. The molecule has 2 aromatic rings. The number of carbonyl (C=O) groups excluding carboxylic acids is 1. The molecule has 22 heavy (non-hydrogen) atoms. The van der Waals surface area contributed by atoms with E-state index in [0.29, 0.717) is 11.7 Å². The van der Waals surface area contributed by atoms with Crippen LogP contribution < -0.4 is 4.90 Å². The van der Waals surface area contributed by atoms with Crippen LogP contribution in [0, 0.1) is 0 Å². The lowest BCUT2D eigenvalue weighted by atomic mass is 10.2. The van der Waals surface area contributed by atoms with Crippen molar-refractivity contribution in [3.05, 3.63) is 35.7 Å². The van der Waals surface area contributed by atoms with Crippen LogP contribution in [0.25, 0.3) is 11.3 Å². The first-order valence-electron chi connectivity index (χ1n) is 7.27. The number of rotatable bonds is 5. The molecule has 1 amide bonds. The van der Waals surface area contributed by atoms with Gasteiger partial charge in [0, 0.05) is 17.6 Å². The third-order valence-electron chi connectivity index (χ3n) is 3.62. The zero-order valence-electron chi connectivity index (χ0n) is 12.1. The van der Waals surface area contributed by atoms with Gasteiger partial charge in [0.1, 0.15) is 5.88 Å². The van der Waals surface area contributed by atoms with E-state index in [1.54, 1.807) is 4.90 Å². The molecule has 6 heteroatoms. The molecule has 1 aliphatic rings. The van der Waals surface area contributed by atoms with Gasteiger partial charge in [0.2, 0.25) is 5.91 Å². The molecule has 0 bridgehead atoms. The second-order valence-electron chi connectivity index (χ2n) is 5.15. The molecule has 1 saturated heterocycles. The van der Waals surface area contributed by atoms with Crippen molar-refractivity contribution in [1.29, 1.82) is 0 Å². The second-order valence-corrected chi connectivity index (χ2v) is 6.26. The lowest BCUT2D eigenvalue weighted by molar-refractivity contribution is -0.116. The Hall–Kier alpha value is -1.43. The summed E-state index contributed by atoms with van der Waals surface area (Å²) in [5, 5.41) is 2.65. The van der Waals surface area contributed by atoms with Crippen molar-refractivity contribution in [1.82, 2.24) is 4.98 Å². The van der Waals surface area contributed by atoms with E-state index in [1.165, 1.54) is 11.3 Å². The van der Waals surface area contributed by atoms with Crippen molar-refractivity contribution in [2.75, 3.05) is 23.9 Å². The van der Waals surface area contributed by atoms with Gasteiger partial charge < -0.3 is 4.74 Å². The summed E-state index contributed by atoms with van der Waals surface area (Å²) in [5.74, 6) is -0.182. The highest BCUT2D eigenvalue weighted by Gasteiger charge is 2.25. The molecular formula is C16H17ClN2O2S. The molecule has 0 spiro atoms. The molecule has 0 N–H and O–H groups in total. The van der Waals surface area contributed by atoms with Crippen LogP contribution >= 0.6 is 22.9 Å². The maximum Gasteiger partial charge on any atom is 0.243 e. The first kappa shape index (κ1) is 15.5. The number of ether oxygens (including phenoxy) is 1. The topological polar surface area (TPSA) is 42.4 Å². The van der Waals surface area contributed by atoms with E-state index in [0.717, 1.165) is 30.7 Å². The van der Waals surface area contributed by atoms with E-state index in [9.17, 15) is 4.79 Å². The number of thiazole rings is 1. The minimum absolute atomic E-state index is 0.0486. The van der Waals surface area contributed by atoms with E-state index < -0.39 is 0 Å². The van der Waals surface area contributed by atoms with Crippen LogP contribution in [-0.4, -0.2) is 36.0 Å². The minimum Gasteiger partial charge on any atom is -0.376 e. The summed E-state index contributed by atoms with van der Waals surface area (Å²) in [5.41, 5.74) is 1.92. The Morgan fingerprint density at radius 3 is 2.91 bits per heavy atom. The number of alkyl halides is 1. The fraction of sp³-hybridized carbons (Fsp3) is 0.375. The number of halogens is 1. The Morgan fingerprint density at radius 1 is 1.41 bits per heavy atom. The summed E-state index contributed by atoms with van der Waals surface area (Å²) < 4.78 is 5.63. The SMILES string of the molecule is O=C(CCl)N(C[C@@H]1CCCO1)c1nc(-c2ccccc2)cs1. The predicted molar refractivity (Wildman–Crippen MR) is 89.6 cm³/mol. The number of carbonyl (C=O) groups is 1. The fourth-order valence-corrected chi connectivity index (χ4v) is 3.49. The third-order valence-corrected chi connectivity index (χ3v) is 4.71. The highest BCUT2D eigenvalue weighted by molar-refractivity contribution is 7.14. The van der Waals surface area contributed by atoms with Crippen molar-refractivity contribution < 1.29 is 9.53 Å². The van der Waals surface area contributed by atoms with E-state index >= 15 is 0 Å². The number of hydrogen-bond acceptors (Lipinski definition) is 4. The van der Waals surface area contributed by atoms with Crippen LogP contribution in [0.15, 0.2) is 35.7 Å². The first-order valence-corrected chi connectivity index (χ1v) is 8.68. The molecule has 116 valence electrons. The average Bonchev–Trinajstić information content (AvgIpc) is 3.24. The van der Waals surface area contributed by atoms with Gasteiger partial charge in [0.15, 0.2) is 5.13 Å². The van der Waals surface area contributed by atoms with Crippen LogP contribution in [0.4, 0.5) is 5.13 Å². The maximum absolute atomic E-state index is 12.2. The van der Waals surface area contributed by atoms with Gasteiger partial charge in [-0.1, -0.05) is 30.3 Å². The first-order chi connectivity index (χ1) is 10.8. The standard InChI is InChI=1S/C16H17ClN2O2S/c17-9-15(20)19(10-13-7-4-8-21-13)16-18-14(11-22-16)12-5-2-1-3-6-12/h1-3,5-6,11,13H,4,7-10H2/t13-/m0/s1. The molecule has 4 nitrogen and oxygen atoms in total. The number of anilines is 1. The molecule has 1 aromatic heterocycles. The molecule has 0 radical (unpaired) electrons. The predicted octanol–water partition coefficient (Wildman–Crippen LogP) is 3.56. The minimum atomic E-state index is -0.133. The van der Waals surface area contributed by atoms with E-state index in [-0.39, 0.29) is 17.9 Å². The quantitative estimate of drug-likeness (QED) is 0.784. The molecule has 2 heterocycles. The lowest BCUT2D eigenvalue weighted by Crippen LogP contribution is -2.38. The van der Waals surface area contributed by atoms with Gasteiger partial charge in [-0.3, -0.25) is 9.69 Å². The summed E-state index contributed by atoms with van der Waals surface area (Å²) in [4.78, 5) is 18.4. The maximum atomic E-state index is 12.2. The largest absolute Gasteiger partial charge is 0.376 e. The van der Waals surface area contributed by atoms with Gasteiger partial charge in [-0.15, -0.1) is 22.9 Å². The summed E-state index contributed by atoms with van der Waals surface area (Å²) in [6.45, 7) is 1.29. The summed E-state index contributed by atoms with van der Waals surface area (Å²) in [6.07, 6.45) is 2.10. The monoisotopic (exact) mass is 336 g/mol. The molecular weight excluding hydrogens is 320 g/mol. The van der Waals surface area contributed by atoms with Crippen molar-refractivity contribution in [2.45, 2.75) is 18.9 Å². The number of aromatic nitrogens is 1. The molecule has 1 fully saturated rings. The molecule has 3 rings (SSSR count). The highest BCUT2D eigenvalue weighted by atomic mass is 35.5. The summed E-state index contributed by atoms with van der Waals surface area (Å²) in [7, 11) is 0. The van der Waals surface area contributed by atoms with E-state index in [1.807, 2.05) is 35.7 Å². The summed E-state index contributed by atoms with van der Waals surface area (Å²) in [6, 6.07) is 9.93.